The van der Waals surface area contributed by atoms with Crippen molar-refractivity contribution in [2.75, 3.05) is 0 Å². The molecule has 4 aliphatic carbocycles. The number of amides is 1. The second kappa shape index (κ2) is 4.74. The third-order valence-corrected chi connectivity index (χ3v) is 5.98. The molecule has 4 heteroatoms. The molecule has 0 radical (unpaired) electrons. The number of carboxylic acids is 1. The first-order chi connectivity index (χ1) is 9.38. The smallest absolute Gasteiger partial charge is 0.307 e. The van der Waals surface area contributed by atoms with Gasteiger partial charge in [-0.15, -0.1) is 0 Å². The highest BCUT2D eigenvalue weighted by atomic mass is 16.4. The molecule has 0 aromatic carbocycles. The van der Waals surface area contributed by atoms with Gasteiger partial charge in [0.05, 0.1) is 5.92 Å². The van der Waals surface area contributed by atoms with E-state index >= 15 is 0 Å². The predicted molar refractivity (Wildman–Crippen MR) is 75.0 cm³/mol. The van der Waals surface area contributed by atoms with Crippen LogP contribution >= 0.6 is 0 Å². The van der Waals surface area contributed by atoms with E-state index in [9.17, 15) is 9.59 Å². The highest BCUT2D eigenvalue weighted by molar-refractivity contribution is 5.84. The third-order valence-electron chi connectivity index (χ3n) is 5.98. The molecule has 1 amide bonds. The molecule has 2 unspecified atom stereocenters. The zero-order chi connectivity index (χ0) is 14.5. The summed E-state index contributed by atoms with van der Waals surface area (Å²) in [5, 5.41) is 12.3. The van der Waals surface area contributed by atoms with Crippen LogP contribution in [0.3, 0.4) is 0 Å². The molecule has 112 valence electrons. The molecule has 0 aliphatic heterocycles. The maximum atomic E-state index is 12.4. The highest BCUT2D eigenvalue weighted by Gasteiger charge is 2.51. The van der Waals surface area contributed by atoms with E-state index < -0.39 is 17.8 Å². The van der Waals surface area contributed by atoms with Gasteiger partial charge in [-0.2, -0.15) is 0 Å². The fraction of sp³-hybridized carbons (Fsp3) is 0.875. The van der Waals surface area contributed by atoms with Crippen LogP contribution < -0.4 is 5.32 Å². The lowest BCUT2D eigenvalue weighted by Gasteiger charge is -2.57. The molecule has 2 N–H and O–H groups in total. The normalized spacial score (nSPS) is 41.2. The highest BCUT2D eigenvalue weighted by Crippen LogP contribution is 2.55. The first-order valence-electron chi connectivity index (χ1n) is 7.93. The minimum atomic E-state index is -0.891. The summed E-state index contributed by atoms with van der Waals surface area (Å²) in [4.78, 5) is 23.4. The van der Waals surface area contributed by atoms with Crippen LogP contribution in [0.25, 0.3) is 0 Å². The molecule has 0 aromatic heterocycles. The van der Waals surface area contributed by atoms with Crippen molar-refractivity contribution in [1.29, 1.82) is 0 Å². The number of carboxylic acid groups (broad SMARTS) is 1. The summed E-state index contributed by atoms with van der Waals surface area (Å²) in [6, 6.07) is 0. The molecule has 4 nitrogen and oxygen atoms in total. The van der Waals surface area contributed by atoms with Crippen molar-refractivity contribution in [3.8, 4) is 0 Å². The molecule has 4 saturated carbocycles. The first kappa shape index (κ1) is 13.9. The molecule has 0 heterocycles. The Morgan fingerprint density at radius 1 is 1.00 bits per heavy atom. The van der Waals surface area contributed by atoms with Crippen molar-refractivity contribution < 1.29 is 14.7 Å². The van der Waals surface area contributed by atoms with Crippen LogP contribution in [0.2, 0.25) is 0 Å². The molecule has 4 bridgehead atoms. The van der Waals surface area contributed by atoms with Crippen LogP contribution in [0.5, 0.6) is 0 Å². The topological polar surface area (TPSA) is 66.4 Å². The first-order valence-corrected chi connectivity index (χ1v) is 7.93. The Kier molecular flexibility index (Phi) is 3.30. The summed E-state index contributed by atoms with van der Waals surface area (Å²) < 4.78 is 0. The molecule has 0 aromatic rings. The van der Waals surface area contributed by atoms with Crippen molar-refractivity contribution >= 4 is 11.9 Å². The van der Waals surface area contributed by atoms with Crippen LogP contribution in [0.15, 0.2) is 0 Å². The van der Waals surface area contributed by atoms with Gasteiger partial charge in [-0.3, -0.25) is 9.59 Å². The molecule has 0 spiro atoms. The van der Waals surface area contributed by atoms with E-state index in [1.54, 1.807) is 13.8 Å². The van der Waals surface area contributed by atoms with E-state index in [0.29, 0.717) is 0 Å². The van der Waals surface area contributed by atoms with Gasteiger partial charge in [0.25, 0.3) is 0 Å². The van der Waals surface area contributed by atoms with Gasteiger partial charge >= 0.3 is 5.97 Å². The molecular formula is C16H25NO3. The maximum absolute atomic E-state index is 12.4. The number of nitrogens with one attached hydrogen (secondary N) is 1. The van der Waals surface area contributed by atoms with Gasteiger partial charge in [0.1, 0.15) is 0 Å². The van der Waals surface area contributed by atoms with E-state index in [-0.39, 0.29) is 11.4 Å². The second-order valence-electron chi connectivity index (χ2n) is 7.60. The Labute approximate surface area is 120 Å². The van der Waals surface area contributed by atoms with E-state index in [1.165, 1.54) is 19.3 Å². The van der Waals surface area contributed by atoms with Gasteiger partial charge in [-0.25, -0.2) is 0 Å². The maximum Gasteiger partial charge on any atom is 0.307 e. The molecule has 2 atom stereocenters. The average molecular weight is 279 g/mol. The van der Waals surface area contributed by atoms with E-state index in [0.717, 1.165) is 37.0 Å². The Morgan fingerprint density at radius 3 is 1.85 bits per heavy atom. The van der Waals surface area contributed by atoms with Gasteiger partial charge in [-0.1, -0.05) is 13.8 Å². The van der Waals surface area contributed by atoms with Crippen molar-refractivity contribution in [2.24, 2.45) is 29.6 Å². The quantitative estimate of drug-likeness (QED) is 0.830. The summed E-state index contributed by atoms with van der Waals surface area (Å²) >= 11 is 0. The monoisotopic (exact) mass is 279 g/mol. The van der Waals surface area contributed by atoms with Crippen LogP contribution in [-0.4, -0.2) is 22.5 Å². The van der Waals surface area contributed by atoms with Crippen molar-refractivity contribution in [1.82, 2.24) is 5.32 Å². The van der Waals surface area contributed by atoms with Gasteiger partial charge in [0.2, 0.25) is 5.91 Å². The van der Waals surface area contributed by atoms with Gasteiger partial charge in [0.15, 0.2) is 0 Å². The minimum Gasteiger partial charge on any atom is -0.481 e. The summed E-state index contributed by atoms with van der Waals surface area (Å²) in [7, 11) is 0. The Balaban J connectivity index is 1.68. The van der Waals surface area contributed by atoms with Crippen LogP contribution in [-0.2, 0) is 9.59 Å². The third kappa shape index (κ3) is 2.33. The Morgan fingerprint density at radius 2 is 1.45 bits per heavy atom. The number of hydrogen-bond acceptors (Lipinski definition) is 2. The molecule has 4 fully saturated rings. The molecular weight excluding hydrogens is 254 g/mol. The number of hydrogen-bond donors (Lipinski definition) is 2. The van der Waals surface area contributed by atoms with Gasteiger partial charge < -0.3 is 10.4 Å². The SMILES string of the molecule is CC(C(=O)O)C(C)C(=O)NC12CC3CC(CC(C3)C1)C2. The van der Waals surface area contributed by atoms with Crippen LogP contribution in [0, 0.1) is 29.6 Å². The van der Waals surface area contributed by atoms with Crippen molar-refractivity contribution in [3.05, 3.63) is 0 Å². The molecule has 4 aliphatic rings. The number of carbonyl (C=O) groups excluding carboxylic acids is 1. The predicted octanol–water partition coefficient (Wildman–Crippen LogP) is 2.43. The fourth-order valence-corrected chi connectivity index (χ4v) is 5.08. The van der Waals surface area contributed by atoms with Crippen LogP contribution in [0.4, 0.5) is 0 Å². The van der Waals surface area contributed by atoms with E-state index in [2.05, 4.69) is 5.32 Å². The Hall–Kier alpha value is -1.06. The average Bonchev–Trinajstić information content (AvgIpc) is 2.34. The largest absolute Gasteiger partial charge is 0.481 e. The summed E-state index contributed by atoms with van der Waals surface area (Å²) in [6.07, 6.45) is 7.36. The van der Waals surface area contributed by atoms with Crippen molar-refractivity contribution in [3.63, 3.8) is 0 Å². The van der Waals surface area contributed by atoms with E-state index in [4.69, 9.17) is 5.11 Å². The summed E-state index contributed by atoms with van der Waals surface area (Å²) in [6.45, 7) is 3.35. The number of rotatable bonds is 4. The fourth-order valence-electron chi connectivity index (χ4n) is 5.08. The zero-order valence-corrected chi connectivity index (χ0v) is 12.4. The Bertz CT molecular complexity index is 396. The standard InChI is InChI=1S/C16H25NO3/c1-9(10(2)15(19)20)14(18)17-16-6-11-3-12(7-16)5-13(4-11)8-16/h9-13H,3-8H2,1-2H3,(H,17,18)(H,19,20). The van der Waals surface area contributed by atoms with Crippen LogP contribution in [0.1, 0.15) is 52.4 Å². The molecule has 20 heavy (non-hydrogen) atoms. The lowest BCUT2D eigenvalue weighted by molar-refractivity contribution is -0.147. The minimum absolute atomic E-state index is 0.0156. The van der Waals surface area contributed by atoms with E-state index in [1.807, 2.05) is 0 Å². The zero-order valence-electron chi connectivity index (χ0n) is 12.4. The second-order valence-corrected chi connectivity index (χ2v) is 7.60. The number of carbonyl (C=O) groups is 2. The molecule has 4 rings (SSSR count). The van der Waals surface area contributed by atoms with Gasteiger partial charge in [-0.05, 0) is 56.3 Å². The number of aliphatic carboxylic acids is 1. The summed E-state index contributed by atoms with van der Waals surface area (Å²) in [5.74, 6) is 0.320. The lowest BCUT2D eigenvalue weighted by atomic mass is 9.53. The lowest BCUT2D eigenvalue weighted by Crippen LogP contribution is -2.61. The molecule has 0 saturated heterocycles. The van der Waals surface area contributed by atoms with Crippen molar-refractivity contribution in [2.45, 2.75) is 57.9 Å². The van der Waals surface area contributed by atoms with Gasteiger partial charge in [0, 0.05) is 11.5 Å². The summed E-state index contributed by atoms with van der Waals surface area (Å²) in [5.41, 5.74) is -0.0156.